The molecule has 1 amide bonds. The highest BCUT2D eigenvalue weighted by Crippen LogP contribution is 2.27. The van der Waals surface area contributed by atoms with E-state index in [1.165, 1.54) is 5.56 Å². The van der Waals surface area contributed by atoms with E-state index in [9.17, 15) is 15.2 Å². The predicted molar refractivity (Wildman–Crippen MR) is 111 cm³/mol. The van der Waals surface area contributed by atoms with E-state index < -0.39 is 5.60 Å². The molecule has 1 aromatic heterocycles. The molecular formula is C23H24N4O2. The molecule has 1 aliphatic rings. The fourth-order valence-corrected chi connectivity index (χ4v) is 4.21. The number of nitrogens with one attached hydrogen (secondary N) is 1. The number of nitriles is 1. The monoisotopic (exact) mass is 388 g/mol. The van der Waals surface area contributed by atoms with Crippen molar-refractivity contribution in [1.82, 2.24) is 14.8 Å². The fraction of sp³-hybridized carbons (Fsp3) is 0.304. The molecule has 2 aromatic carbocycles. The Morgan fingerprint density at radius 1 is 1.28 bits per heavy atom. The topological polar surface area (TPSA) is 83.4 Å². The number of carbonyl (C=O) groups excluding carboxylic acids is 1. The van der Waals surface area contributed by atoms with Gasteiger partial charge in [-0.2, -0.15) is 5.26 Å². The van der Waals surface area contributed by atoms with Gasteiger partial charge in [-0.15, -0.1) is 0 Å². The Morgan fingerprint density at radius 3 is 2.83 bits per heavy atom. The lowest BCUT2D eigenvalue weighted by atomic mass is 10.0. The van der Waals surface area contributed by atoms with Crippen molar-refractivity contribution in [2.24, 2.45) is 0 Å². The summed E-state index contributed by atoms with van der Waals surface area (Å²) in [6.07, 6.45) is 2.26. The van der Waals surface area contributed by atoms with Gasteiger partial charge in [0.15, 0.2) is 0 Å². The molecule has 2 heterocycles. The predicted octanol–water partition coefficient (Wildman–Crippen LogP) is 2.75. The highest BCUT2D eigenvalue weighted by Gasteiger charge is 2.38. The number of hydrogen-bond acceptors (Lipinski definition) is 4. The quantitative estimate of drug-likeness (QED) is 0.704. The van der Waals surface area contributed by atoms with Crippen molar-refractivity contribution in [3.63, 3.8) is 0 Å². The lowest BCUT2D eigenvalue weighted by molar-refractivity contribution is 0.0171. The zero-order valence-electron chi connectivity index (χ0n) is 16.4. The number of H-pyrrole nitrogens is 1. The van der Waals surface area contributed by atoms with E-state index in [2.05, 4.69) is 28.1 Å². The molecule has 4 rings (SSSR count). The number of rotatable bonds is 5. The van der Waals surface area contributed by atoms with Crippen LogP contribution >= 0.6 is 0 Å². The Labute approximate surface area is 170 Å². The minimum Gasteiger partial charge on any atom is -0.387 e. The Balaban J connectivity index is 1.46. The lowest BCUT2D eigenvalue weighted by Gasteiger charge is -2.29. The van der Waals surface area contributed by atoms with Crippen molar-refractivity contribution in [3.8, 4) is 6.07 Å². The highest BCUT2D eigenvalue weighted by atomic mass is 16.3. The minimum atomic E-state index is -0.941. The van der Waals surface area contributed by atoms with Crippen molar-refractivity contribution < 1.29 is 9.90 Å². The second kappa shape index (κ2) is 7.70. The maximum absolute atomic E-state index is 13.1. The van der Waals surface area contributed by atoms with E-state index in [-0.39, 0.29) is 12.5 Å². The normalized spacial score (nSPS) is 19.3. The van der Waals surface area contributed by atoms with Gasteiger partial charge in [0, 0.05) is 43.8 Å². The number of aromatic nitrogens is 1. The van der Waals surface area contributed by atoms with E-state index >= 15 is 0 Å². The summed E-state index contributed by atoms with van der Waals surface area (Å²) in [5.41, 5.74) is 1.96. The van der Waals surface area contributed by atoms with Crippen LogP contribution in [0.2, 0.25) is 0 Å². The molecule has 2 N–H and O–H groups in total. The third-order valence-electron chi connectivity index (χ3n) is 5.60. The zero-order valence-corrected chi connectivity index (χ0v) is 16.4. The molecule has 0 aliphatic carbocycles. The summed E-state index contributed by atoms with van der Waals surface area (Å²) in [6, 6.07) is 17.7. The maximum Gasteiger partial charge on any atom is 0.255 e. The van der Waals surface area contributed by atoms with Crippen LogP contribution in [0.5, 0.6) is 0 Å². The molecule has 1 unspecified atom stereocenters. The Kier molecular flexibility index (Phi) is 5.10. The number of amides is 1. The van der Waals surface area contributed by atoms with Gasteiger partial charge in [0.1, 0.15) is 0 Å². The summed E-state index contributed by atoms with van der Waals surface area (Å²) < 4.78 is 0. The second-order valence-electron chi connectivity index (χ2n) is 7.87. The molecule has 0 saturated carbocycles. The minimum absolute atomic E-state index is 0.200. The van der Waals surface area contributed by atoms with E-state index in [4.69, 9.17) is 0 Å². The van der Waals surface area contributed by atoms with Gasteiger partial charge >= 0.3 is 0 Å². The van der Waals surface area contributed by atoms with Gasteiger partial charge in [-0.25, -0.2) is 0 Å². The number of carbonyl (C=O) groups is 1. The van der Waals surface area contributed by atoms with Crippen molar-refractivity contribution in [1.29, 1.82) is 5.26 Å². The van der Waals surface area contributed by atoms with Gasteiger partial charge in [-0.3, -0.25) is 9.69 Å². The molecule has 1 fully saturated rings. The van der Waals surface area contributed by atoms with E-state index in [0.29, 0.717) is 29.5 Å². The number of likely N-dealkylation sites (N-methyl/N-ethyl adjacent to an activating group) is 1. The number of hydrogen-bond donors (Lipinski definition) is 2. The first-order chi connectivity index (χ1) is 14.0. The van der Waals surface area contributed by atoms with Crippen LogP contribution in [0.3, 0.4) is 0 Å². The van der Waals surface area contributed by atoms with Crippen molar-refractivity contribution in [2.75, 3.05) is 26.7 Å². The maximum atomic E-state index is 13.1. The van der Waals surface area contributed by atoms with Crippen LogP contribution in [-0.2, 0) is 6.54 Å². The van der Waals surface area contributed by atoms with Gasteiger partial charge in [-0.05, 0) is 24.1 Å². The van der Waals surface area contributed by atoms with Gasteiger partial charge in [0.05, 0.1) is 29.3 Å². The average Bonchev–Trinajstić information content (AvgIpc) is 3.31. The number of nitrogens with zero attached hydrogens (tertiary/aromatic N) is 3. The van der Waals surface area contributed by atoms with E-state index in [1.807, 2.05) is 24.3 Å². The molecular weight excluding hydrogens is 364 g/mol. The molecule has 6 nitrogen and oxygen atoms in total. The summed E-state index contributed by atoms with van der Waals surface area (Å²) in [7, 11) is 1.70. The van der Waals surface area contributed by atoms with Gasteiger partial charge in [0.25, 0.3) is 5.91 Å². The lowest BCUT2D eigenvalue weighted by Crippen LogP contribution is -2.45. The number of fused-ring (bicyclic) bond motifs is 1. The molecule has 0 radical (unpaired) electrons. The molecule has 1 atom stereocenters. The second-order valence-corrected chi connectivity index (χ2v) is 7.87. The van der Waals surface area contributed by atoms with Crippen LogP contribution in [-0.4, -0.2) is 58.1 Å². The van der Waals surface area contributed by atoms with Crippen LogP contribution < -0.4 is 0 Å². The van der Waals surface area contributed by atoms with Crippen LogP contribution in [0.25, 0.3) is 10.9 Å². The standard InChI is InChI=1S/C23H24N4O2/c1-26(22(28)19-13-25-20-9-5-8-18(12-24)21(19)20)15-23(29)10-11-27(16-23)14-17-6-3-2-4-7-17/h2-9,13,25,29H,10-11,14-16H2,1H3. The SMILES string of the molecule is CN(CC1(O)CCN(Cc2ccccc2)C1)C(=O)c1c[nH]c2cccc(C#N)c12. The molecule has 1 saturated heterocycles. The average molecular weight is 388 g/mol. The molecule has 1 aliphatic heterocycles. The third-order valence-corrected chi connectivity index (χ3v) is 5.60. The molecule has 6 heteroatoms. The van der Waals surface area contributed by atoms with Gasteiger partial charge < -0.3 is 15.0 Å². The number of aromatic amines is 1. The number of aliphatic hydroxyl groups is 1. The van der Waals surface area contributed by atoms with E-state index in [1.54, 1.807) is 30.3 Å². The summed E-state index contributed by atoms with van der Waals surface area (Å²) in [4.78, 5) is 19.9. The number of benzene rings is 2. The van der Waals surface area contributed by atoms with Crippen molar-refractivity contribution in [2.45, 2.75) is 18.6 Å². The molecule has 0 bridgehead atoms. The first kappa shape index (κ1) is 19.2. The Bertz CT molecular complexity index is 1070. The van der Waals surface area contributed by atoms with Gasteiger partial charge in [-0.1, -0.05) is 36.4 Å². The van der Waals surface area contributed by atoms with Crippen LogP contribution in [0, 0.1) is 11.3 Å². The molecule has 0 spiro atoms. The van der Waals surface area contributed by atoms with E-state index in [0.717, 1.165) is 18.6 Å². The van der Waals surface area contributed by atoms with Crippen molar-refractivity contribution in [3.05, 3.63) is 71.4 Å². The summed E-state index contributed by atoms with van der Waals surface area (Å²) >= 11 is 0. The molecule has 29 heavy (non-hydrogen) atoms. The van der Waals surface area contributed by atoms with Gasteiger partial charge in [0.2, 0.25) is 0 Å². The highest BCUT2D eigenvalue weighted by molar-refractivity contribution is 6.08. The fourth-order valence-electron chi connectivity index (χ4n) is 4.21. The largest absolute Gasteiger partial charge is 0.387 e. The molecule has 3 aromatic rings. The molecule has 148 valence electrons. The first-order valence-electron chi connectivity index (χ1n) is 9.73. The summed E-state index contributed by atoms with van der Waals surface area (Å²) in [5.74, 6) is -0.200. The third kappa shape index (κ3) is 3.88. The van der Waals surface area contributed by atoms with Crippen LogP contribution in [0.1, 0.15) is 27.9 Å². The summed E-state index contributed by atoms with van der Waals surface area (Å²) in [5, 5.41) is 21.1. The van der Waals surface area contributed by atoms with Crippen LogP contribution in [0.4, 0.5) is 0 Å². The van der Waals surface area contributed by atoms with Crippen molar-refractivity contribution >= 4 is 16.8 Å². The smallest absolute Gasteiger partial charge is 0.255 e. The number of likely N-dealkylation sites (tertiary alicyclic amines) is 1. The zero-order chi connectivity index (χ0) is 20.4. The number of β-amino-alcohol motifs (C(OH)–C–C–N with tert-alkyl or cyclic N) is 1. The Hall–Kier alpha value is -3.14. The van der Waals surface area contributed by atoms with Crippen LogP contribution in [0.15, 0.2) is 54.7 Å². The first-order valence-corrected chi connectivity index (χ1v) is 9.73. The Morgan fingerprint density at radius 2 is 2.07 bits per heavy atom. The summed E-state index contributed by atoms with van der Waals surface area (Å²) in [6.45, 7) is 2.35.